The van der Waals surface area contributed by atoms with E-state index in [1.807, 2.05) is 19.1 Å². The number of amides is 1. The molecule has 1 amide bonds. The first-order valence-corrected chi connectivity index (χ1v) is 6.78. The molecule has 0 saturated carbocycles. The van der Waals surface area contributed by atoms with Gasteiger partial charge in [-0.3, -0.25) is 10.1 Å². The summed E-state index contributed by atoms with van der Waals surface area (Å²) in [6, 6.07) is 14.3. The van der Waals surface area contributed by atoms with E-state index in [-0.39, 0.29) is 11.0 Å². The molecule has 0 aliphatic rings. The summed E-state index contributed by atoms with van der Waals surface area (Å²) >= 11 is 11.1. The summed E-state index contributed by atoms with van der Waals surface area (Å²) in [6.07, 6.45) is 0. The lowest BCUT2D eigenvalue weighted by atomic mass is 10.2. The van der Waals surface area contributed by atoms with Crippen LogP contribution in [-0.2, 0) is 0 Å². The largest absolute Gasteiger partial charge is 0.332 e. The summed E-state index contributed by atoms with van der Waals surface area (Å²) in [7, 11) is 0. The van der Waals surface area contributed by atoms with Crippen molar-refractivity contribution < 1.29 is 4.79 Å². The van der Waals surface area contributed by atoms with Crippen LogP contribution in [-0.4, -0.2) is 11.0 Å². The Morgan fingerprint density at radius 2 is 1.85 bits per heavy atom. The van der Waals surface area contributed by atoms with E-state index < -0.39 is 0 Å². The van der Waals surface area contributed by atoms with E-state index in [0.717, 1.165) is 11.3 Å². The summed E-state index contributed by atoms with van der Waals surface area (Å²) in [5.74, 6) is -0.242. The second-order valence-electron chi connectivity index (χ2n) is 4.24. The number of hydrogen-bond acceptors (Lipinski definition) is 2. The van der Waals surface area contributed by atoms with Gasteiger partial charge in [-0.2, -0.15) is 0 Å². The molecular formula is C15H13ClN2OS. The topological polar surface area (TPSA) is 41.1 Å². The molecule has 3 nitrogen and oxygen atoms in total. The van der Waals surface area contributed by atoms with Crippen molar-refractivity contribution >= 4 is 40.5 Å². The zero-order chi connectivity index (χ0) is 14.5. The Hall–Kier alpha value is -1.91. The second-order valence-corrected chi connectivity index (χ2v) is 5.05. The van der Waals surface area contributed by atoms with Gasteiger partial charge in [-0.1, -0.05) is 29.8 Å². The van der Waals surface area contributed by atoms with Crippen molar-refractivity contribution in [3.8, 4) is 0 Å². The minimum absolute atomic E-state index is 0.242. The minimum Gasteiger partial charge on any atom is -0.332 e. The zero-order valence-corrected chi connectivity index (χ0v) is 12.4. The summed E-state index contributed by atoms with van der Waals surface area (Å²) in [4.78, 5) is 11.9. The predicted molar refractivity (Wildman–Crippen MR) is 86.3 cm³/mol. The number of carbonyl (C=O) groups is 1. The molecule has 0 atom stereocenters. The molecule has 20 heavy (non-hydrogen) atoms. The number of rotatable bonds is 2. The van der Waals surface area contributed by atoms with Gasteiger partial charge < -0.3 is 5.32 Å². The first-order chi connectivity index (χ1) is 9.56. The highest BCUT2D eigenvalue weighted by Gasteiger charge is 2.07. The van der Waals surface area contributed by atoms with Crippen molar-refractivity contribution in [3.05, 3.63) is 64.7 Å². The number of benzene rings is 2. The molecule has 2 N–H and O–H groups in total. The molecule has 2 aromatic rings. The standard InChI is InChI=1S/C15H13ClN2OS/c1-10-9-12(7-8-13(10)16)17-15(20)18-14(19)11-5-3-2-4-6-11/h2-9H,1H3,(H2,17,18,19,20). The van der Waals surface area contributed by atoms with Crippen molar-refractivity contribution in [1.82, 2.24) is 5.32 Å². The first-order valence-electron chi connectivity index (χ1n) is 6.00. The third-order valence-corrected chi connectivity index (χ3v) is 3.31. The van der Waals surface area contributed by atoms with E-state index >= 15 is 0 Å². The fraction of sp³-hybridized carbons (Fsp3) is 0.0667. The van der Waals surface area contributed by atoms with E-state index in [4.69, 9.17) is 23.8 Å². The van der Waals surface area contributed by atoms with Crippen LogP contribution >= 0.6 is 23.8 Å². The average molecular weight is 305 g/mol. The van der Waals surface area contributed by atoms with Crippen LogP contribution < -0.4 is 10.6 Å². The predicted octanol–water partition coefficient (Wildman–Crippen LogP) is 3.78. The molecule has 2 aromatic carbocycles. The Morgan fingerprint density at radius 3 is 2.50 bits per heavy atom. The Labute approximate surface area is 128 Å². The van der Waals surface area contributed by atoms with Gasteiger partial charge in [-0.25, -0.2) is 0 Å². The van der Waals surface area contributed by atoms with Crippen LogP contribution in [0.5, 0.6) is 0 Å². The van der Waals surface area contributed by atoms with E-state index in [2.05, 4.69) is 10.6 Å². The van der Waals surface area contributed by atoms with Gasteiger partial charge in [0.25, 0.3) is 5.91 Å². The van der Waals surface area contributed by atoms with Crippen LogP contribution in [0.3, 0.4) is 0 Å². The average Bonchev–Trinajstić information content (AvgIpc) is 2.44. The molecule has 0 heterocycles. The van der Waals surface area contributed by atoms with Crippen LogP contribution in [0, 0.1) is 6.92 Å². The van der Waals surface area contributed by atoms with Gasteiger partial charge in [0, 0.05) is 16.3 Å². The van der Waals surface area contributed by atoms with Crippen molar-refractivity contribution in [1.29, 1.82) is 0 Å². The third kappa shape index (κ3) is 3.79. The molecule has 0 bridgehead atoms. The molecule has 0 saturated heterocycles. The quantitative estimate of drug-likeness (QED) is 0.830. The summed E-state index contributed by atoms with van der Waals surface area (Å²) in [5.41, 5.74) is 2.28. The minimum atomic E-state index is -0.242. The smallest absolute Gasteiger partial charge is 0.257 e. The van der Waals surface area contributed by atoms with Crippen LogP contribution in [0.25, 0.3) is 0 Å². The Balaban J connectivity index is 1.99. The van der Waals surface area contributed by atoms with E-state index in [1.165, 1.54) is 0 Å². The lowest BCUT2D eigenvalue weighted by molar-refractivity contribution is 0.0978. The maximum Gasteiger partial charge on any atom is 0.257 e. The maximum absolute atomic E-state index is 11.9. The molecule has 5 heteroatoms. The molecule has 0 aromatic heterocycles. The lowest BCUT2D eigenvalue weighted by Crippen LogP contribution is -2.34. The van der Waals surface area contributed by atoms with Crippen LogP contribution in [0.4, 0.5) is 5.69 Å². The number of nitrogens with one attached hydrogen (secondary N) is 2. The Kier molecular flexibility index (Phi) is 4.71. The third-order valence-electron chi connectivity index (χ3n) is 2.68. The monoisotopic (exact) mass is 304 g/mol. The molecule has 0 spiro atoms. The fourth-order valence-electron chi connectivity index (χ4n) is 1.65. The SMILES string of the molecule is Cc1cc(NC(=S)NC(=O)c2ccccc2)ccc1Cl. The van der Waals surface area contributed by atoms with E-state index in [0.29, 0.717) is 10.6 Å². The highest BCUT2D eigenvalue weighted by atomic mass is 35.5. The normalized spacial score (nSPS) is 9.90. The fourth-order valence-corrected chi connectivity index (χ4v) is 1.98. The number of thiocarbonyl (C=S) groups is 1. The molecular weight excluding hydrogens is 292 g/mol. The lowest BCUT2D eigenvalue weighted by Gasteiger charge is -2.10. The van der Waals surface area contributed by atoms with Crippen LogP contribution in [0.2, 0.25) is 5.02 Å². The number of halogens is 1. The summed E-state index contributed by atoms with van der Waals surface area (Å²) in [5, 5.41) is 6.52. The Morgan fingerprint density at radius 1 is 1.15 bits per heavy atom. The molecule has 0 radical (unpaired) electrons. The van der Waals surface area contributed by atoms with Gasteiger partial charge in [0.1, 0.15) is 0 Å². The second kappa shape index (κ2) is 6.50. The van der Waals surface area contributed by atoms with Gasteiger partial charge >= 0.3 is 0 Å². The van der Waals surface area contributed by atoms with Crippen molar-refractivity contribution in [2.45, 2.75) is 6.92 Å². The van der Waals surface area contributed by atoms with Crippen molar-refractivity contribution in [2.75, 3.05) is 5.32 Å². The molecule has 0 fully saturated rings. The molecule has 0 unspecified atom stereocenters. The summed E-state index contributed by atoms with van der Waals surface area (Å²) in [6.45, 7) is 1.90. The molecule has 102 valence electrons. The van der Waals surface area contributed by atoms with E-state index in [9.17, 15) is 4.79 Å². The summed E-state index contributed by atoms with van der Waals surface area (Å²) < 4.78 is 0. The van der Waals surface area contributed by atoms with Crippen LogP contribution in [0.15, 0.2) is 48.5 Å². The zero-order valence-electron chi connectivity index (χ0n) is 10.8. The number of aryl methyl sites for hydroxylation is 1. The maximum atomic E-state index is 11.9. The molecule has 0 aliphatic carbocycles. The number of carbonyl (C=O) groups excluding carboxylic acids is 1. The van der Waals surface area contributed by atoms with Crippen molar-refractivity contribution in [3.63, 3.8) is 0 Å². The van der Waals surface area contributed by atoms with Gasteiger partial charge in [-0.15, -0.1) is 0 Å². The molecule has 0 aliphatic heterocycles. The highest BCUT2D eigenvalue weighted by molar-refractivity contribution is 7.80. The number of anilines is 1. The van der Waals surface area contributed by atoms with Gasteiger partial charge in [0.15, 0.2) is 5.11 Å². The van der Waals surface area contributed by atoms with Crippen LogP contribution in [0.1, 0.15) is 15.9 Å². The van der Waals surface area contributed by atoms with E-state index in [1.54, 1.807) is 36.4 Å². The van der Waals surface area contributed by atoms with Gasteiger partial charge in [-0.05, 0) is 55.0 Å². The number of hydrogen-bond donors (Lipinski definition) is 2. The van der Waals surface area contributed by atoms with Crippen molar-refractivity contribution in [2.24, 2.45) is 0 Å². The Bertz CT molecular complexity index is 644. The van der Waals surface area contributed by atoms with Gasteiger partial charge in [0.05, 0.1) is 0 Å². The first kappa shape index (κ1) is 14.5. The molecule has 2 rings (SSSR count). The highest BCUT2D eigenvalue weighted by Crippen LogP contribution is 2.19. The van der Waals surface area contributed by atoms with Gasteiger partial charge in [0.2, 0.25) is 0 Å².